The lowest BCUT2D eigenvalue weighted by Gasteiger charge is -2.38. The van der Waals surface area contributed by atoms with Gasteiger partial charge in [0.1, 0.15) is 0 Å². The van der Waals surface area contributed by atoms with Crippen molar-refractivity contribution in [2.45, 2.75) is 44.0 Å². The van der Waals surface area contributed by atoms with Crippen LogP contribution in [-0.2, 0) is 0 Å². The summed E-state index contributed by atoms with van der Waals surface area (Å²) in [6.45, 7) is 6.20. The van der Waals surface area contributed by atoms with Crippen molar-refractivity contribution in [2.24, 2.45) is 11.3 Å². The van der Waals surface area contributed by atoms with E-state index in [1.807, 2.05) is 0 Å². The van der Waals surface area contributed by atoms with E-state index in [1.165, 1.54) is 6.08 Å². The first-order chi connectivity index (χ1) is 6.56. The van der Waals surface area contributed by atoms with Crippen LogP contribution in [0, 0.1) is 11.3 Å². The van der Waals surface area contributed by atoms with Crippen LogP contribution < -0.4 is 0 Å². The second kappa shape index (κ2) is 3.81. The van der Waals surface area contributed by atoms with Crippen molar-refractivity contribution in [3.8, 4) is 0 Å². The molecule has 88 valence electrons. The fourth-order valence-electron chi connectivity index (χ4n) is 1.79. The number of alkyl halides is 3. The monoisotopic (exact) mass is 282 g/mol. The lowest BCUT2D eigenvalue weighted by atomic mass is 9.72. The second-order valence-corrected chi connectivity index (χ2v) is 6.29. The lowest BCUT2D eigenvalue weighted by molar-refractivity contribution is -0.0946. The molecule has 2 atom stereocenters. The van der Waals surface area contributed by atoms with E-state index in [-0.39, 0.29) is 17.8 Å². The molecule has 1 aliphatic rings. The average Bonchev–Trinajstić information content (AvgIpc) is 2.01. The van der Waals surface area contributed by atoms with Crippen molar-refractivity contribution >= 4 is 15.9 Å². The topological polar surface area (TPSA) is 20.2 Å². The summed E-state index contributed by atoms with van der Waals surface area (Å²) in [5.41, 5.74) is -1.98. The molecule has 0 aromatic heterocycles. The van der Waals surface area contributed by atoms with Gasteiger partial charge in [-0.3, -0.25) is 0 Å². The van der Waals surface area contributed by atoms with Crippen LogP contribution in [0.3, 0.4) is 0 Å². The third-order valence-electron chi connectivity index (χ3n) is 3.04. The van der Waals surface area contributed by atoms with Gasteiger partial charge in [-0.1, -0.05) is 26.8 Å². The van der Waals surface area contributed by atoms with E-state index in [2.05, 4.69) is 36.7 Å². The zero-order valence-corrected chi connectivity index (χ0v) is 10.8. The Labute approximate surface area is 97.7 Å². The molecule has 0 spiro atoms. The van der Waals surface area contributed by atoms with Crippen molar-refractivity contribution in [3.63, 3.8) is 0 Å². The van der Waals surface area contributed by atoms with Crippen LogP contribution in [0.4, 0.5) is 8.78 Å². The van der Waals surface area contributed by atoms with Crippen LogP contribution in [0.15, 0.2) is 12.2 Å². The number of rotatable bonds is 1. The van der Waals surface area contributed by atoms with Gasteiger partial charge in [-0.2, -0.15) is 8.78 Å². The number of hydrogen-bond donors (Lipinski definition) is 1. The molecule has 0 fully saturated rings. The van der Waals surface area contributed by atoms with Gasteiger partial charge in [0.05, 0.1) is 0 Å². The molecule has 0 radical (unpaired) electrons. The molecule has 0 bridgehead atoms. The van der Waals surface area contributed by atoms with Gasteiger partial charge in [0.15, 0.2) is 5.60 Å². The zero-order valence-electron chi connectivity index (χ0n) is 9.23. The SMILES string of the molecule is CC(C)(C)C1C=CC(O)(C(F)(F)Br)CC1. The summed E-state index contributed by atoms with van der Waals surface area (Å²) in [5, 5.41) is 9.71. The van der Waals surface area contributed by atoms with Crippen molar-refractivity contribution in [1.82, 2.24) is 0 Å². The first-order valence-corrected chi connectivity index (χ1v) is 5.84. The highest BCUT2D eigenvalue weighted by molar-refractivity contribution is 9.10. The Kier molecular flexibility index (Phi) is 3.33. The van der Waals surface area contributed by atoms with E-state index in [4.69, 9.17) is 0 Å². The summed E-state index contributed by atoms with van der Waals surface area (Å²) < 4.78 is 26.1. The van der Waals surface area contributed by atoms with Gasteiger partial charge < -0.3 is 5.11 Å². The minimum atomic E-state index is -3.25. The largest absolute Gasteiger partial charge is 0.378 e. The second-order valence-electron chi connectivity index (χ2n) is 5.29. The fraction of sp³-hybridized carbons (Fsp3) is 0.818. The van der Waals surface area contributed by atoms with Gasteiger partial charge in [-0.25, -0.2) is 0 Å². The standard InChI is InChI=1S/C11H17BrF2O/c1-9(2,3)8-4-6-10(15,7-5-8)11(12,13)14/h4,6,8,15H,5,7H2,1-3H3. The molecule has 4 heteroatoms. The van der Waals surface area contributed by atoms with Crippen molar-refractivity contribution in [1.29, 1.82) is 0 Å². The van der Waals surface area contributed by atoms with Crippen molar-refractivity contribution < 1.29 is 13.9 Å². The van der Waals surface area contributed by atoms with E-state index in [0.29, 0.717) is 6.42 Å². The van der Waals surface area contributed by atoms with Crippen LogP contribution in [0.5, 0.6) is 0 Å². The summed E-state index contributed by atoms with van der Waals surface area (Å²) in [6.07, 6.45) is 3.61. The van der Waals surface area contributed by atoms with E-state index < -0.39 is 10.4 Å². The Morgan fingerprint density at radius 3 is 2.20 bits per heavy atom. The lowest BCUT2D eigenvalue weighted by Crippen LogP contribution is -2.45. The maximum atomic E-state index is 13.0. The molecule has 1 aliphatic carbocycles. The van der Waals surface area contributed by atoms with Gasteiger partial charge >= 0.3 is 4.83 Å². The molecule has 0 saturated heterocycles. The van der Waals surface area contributed by atoms with Gasteiger partial charge in [0, 0.05) is 0 Å². The molecule has 0 saturated carbocycles. The van der Waals surface area contributed by atoms with E-state index in [9.17, 15) is 13.9 Å². The highest BCUT2D eigenvalue weighted by Crippen LogP contribution is 2.45. The van der Waals surface area contributed by atoms with Gasteiger partial charge in [-0.15, -0.1) is 0 Å². The molecule has 1 N–H and O–H groups in total. The Balaban J connectivity index is 2.83. The average molecular weight is 283 g/mol. The van der Waals surface area contributed by atoms with Crippen LogP contribution in [0.2, 0.25) is 0 Å². The van der Waals surface area contributed by atoms with E-state index >= 15 is 0 Å². The fourth-order valence-corrected chi connectivity index (χ4v) is 2.12. The van der Waals surface area contributed by atoms with Crippen molar-refractivity contribution in [2.75, 3.05) is 0 Å². The number of allylic oxidation sites excluding steroid dienone is 1. The predicted octanol–water partition coefficient (Wildman–Crippen LogP) is 3.72. The summed E-state index contributed by atoms with van der Waals surface area (Å²) in [6, 6.07) is 0. The smallest absolute Gasteiger partial charge is 0.332 e. The predicted molar refractivity (Wildman–Crippen MR) is 60.1 cm³/mol. The Hall–Kier alpha value is 0.0400. The summed E-state index contributed by atoms with van der Waals surface area (Å²) in [7, 11) is 0. The molecular formula is C11H17BrF2O. The first kappa shape index (κ1) is 13.1. The third-order valence-corrected chi connectivity index (χ3v) is 3.73. The first-order valence-electron chi connectivity index (χ1n) is 5.05. The molecule has 0 aromatic carbocycles. The van der Waals surface area contributed by atoms with Gasteiger partial charge in [0.25, 0.3) is 0 Å². The minimum Gasteiger partial charge on any atom is -0.378 e. The molecule has 0 aromatic rings. The maximum absolute atomic E-state index is 13.0. The highest BCUT2D eigenvalue weighted by atomic mass is 79.9. The van der Waals surface area contributed by atoms with Gasteiger partial charge in [-0.05, 0) is 46.2 Å². The zero-order chi connectivity index (χ0) is 11.9. The molecule has 2 unspecified atom stereocenters. The molecule has 1 nitrogen and oxygen atoms in total. The molecular weight excluding hydrogens is 266 g/mol. The van der Waals surface area contributed by atoms with E-state index in [1.54, 1.807) is 6.08 Å². The molecule has 0 heterocycles. The number of halogens is 3. The maximum Gasteiger partial charge on any atom is 0.332 e. The Morgan fingerprint density at radius 1 is 1.40 bits per heavy atom. The Morgan fingerprint density at radius 2 is 1.93 bits per heavy atom. The highest BCUT2D eigenvalue weighted by Gasteiger charge is 2.50. The Bertz CT molecular complexity index is 265. The molecule has 0 amide bonds. The summed E-state index contributed by atoms with van der Waals surface area (Å²) >= 11 is 2.23. The number of hydrogen-bond acceptors (Lipinski definition) is 1. The third kappa shape index (κ3) is 2.78. The molecule has 0 aliphatic heterocycles. The normalized spacial score (nSPS) is 33.1. The summed E-state index contributed by atoms with van der Waals surface area (Å²) in [5.74, 6) is 0.243. The molecule has 15 heavy (non-hydrogen) atoms. The molecule has 1 rings (SSSR count). The van der Waals surface area contributed by atoms with Crippen LogP contribution >= 0.6 is 15.9 Å². The van der Waals surface area contributed by atoms with Crippen LogP contribution in [-0.4, -0.2) is 15.5 Å². The van der Waals surface area contributed by atoms with Crippen LogP contribution in [0.25, 0.3) is 0 Å². The quantitative estimate of drug-likeness (QED) is 0.574. The van der Waals surface area contributed by atoms with Gasteiger partial charge in [0.2, 0.25) is 0 Å². The minimum absolute atomic E-state index is 0.0550. The van der Waals surface area contributed by atoms with Crippen LogP contribution in [0.1, 0.15) is 33.6 Å². The number of aliphatic hydroxyl groups is 1. The summed E-state index contributed by atoms with van der Waals surface area (Å²) in [4.78, 5) is -3.25. The van der Waals surface area contributed by atoms with E-state index in [0.717, 1.165) is 0 Å². The van der Waals surface area contributed by atoms with Crippen molar-refractivity contribution in [3.05, 3.63) is 12.2 Å².